The summed E-state index contributed by atoms with van der Waals surface area (Å²) in [5, 5.41) is 10.2. The zero-order valence-corrected chi connectivity index (χ0v) is 34.2. The highest BCUT2D eigenvalue weighted by atomic mass is 14.9. The smallest absolute Gasteiger partial charge is 0.0620 e. The van der Waals surface area contributed by atoms with Gasteiger partial charge in [0.1, 0.15) is 0 Å². The summed E-state index contributed by atoms with van der Waals surface area (Å²) in [5.41, 5.74) is 24.1. The first-order chi connectivity index (χ1) is 31.3. The number of fused-ring (bicyclic) bond motifs is 26. The van der Waals surface area contributed by atoms with Crippen LogP contribution in [0.5, 0.6) is 0 Å². The molecule has 0 aliphatic heterocycles. The highest BCUT2D eigenvalue weighted by Gasteiger charge is 2.27. The number of benzene rings is 11. The minimum Gasteiger partial charge on any atom is -0.308 e. The average Bonchev–Trinajstić information content (AvgIpc) is 3.84. The van der Waals surface area contributed by atoms with Crippen LogP contribution >= 0.6 is 0 Å². The molecule has 63 heavy (non-hydrogen) atoms. The molecule has 0 fully saturated rings. The second-order valence-electron chi connectivity index (χ2n) is 17.5. The third-order valence-corrected chi connectivity index (χ3v) is 14.4. The van der Waals surface area contributed by atoms with E-state index in [1.54, 1.807) is 0 Å². The molecular weight excluding hydrogens is 759 g/mol. The Morgan fingerprint density at radius 2 is 0.508 bits per heavy atom. The van der Waals surface area contributed by atoms with E-state index in [4.69, 9.17) is 0 Å². The largest absolute Gasteiger partial charge is 0.308 e. The topological polar surface area (TPSA) is 4.41 Å². The Hall–Kier alpha value is -8.26. The van der Waals surface area contributed by atoms with Crippen molar-refractivity contribution in [3.05, 3.63) is 212 Å². The quantitative estimate of drug-likeness (QED) is 0.144. The standard InChI is InChI=1S/C62H35N/c1-3-16-40-38(14-1)42-18-5-7-22-46(42)50-30-28-36-32-56-52-26-13-27-53-57-33-37-29-31-51-47-23-8-6-19-43(47)39-15-2-4-17-41(39)45-21-10-12-25-49(45)61(51)55(37)35-59(57)63(62(52)53)58(56)34-54(36)60(50)48-24-11-9-20-44(40)48/h1-35H. The first-order valence-electron chi connectivity index (χ1n) is 22.0. The summed E-state index contributed by atoms with van der Waals surface area (Å²) in [4.78, 5) is 0. The monoisotopic (exact) mass is 793 g/mol. The Morgan fingerprint density at radius 3 is 0.857 bits per heavy atom. The molecule has 0 N–H and O–H groups in total. The molecular formula is C62H35N. The highest BCUT2D eigenvalue weighted by Crippen LogP contribution is 2.53. The molecule has 2 aliphatic rings. The van der Waals surface area contributed by atoms with Crippen LogP contribution in [0.3, 0.4) is 0 Å². The Bertz CT molecular complexity index is 3870. The summed E-state index contributed by atoms with van der Waals surface area (Å²) in [6, 6.07) is 80.1. The first-order valence-corrected chi connectivity index (χ1v) is 22.0. The van der Waals surface area contributed by atoms with Crippen molar-refractivity contribution in [2.45, 2.75) is 0 Å². The van der Waals surface area contributed by atoms with E-state index < -0.39 is 0 Å². The molecule has 0 saturated heterocycles. The van der Waals surface area contributed by atoms with Crippen LogP contribution in [0.4, 0.5) is 0 Å². The van der Waals surface area contributed by atoms with Gasteiger partial charge in [-0.25, -0.2) is 0 Å². The van der Waals surface area contributed by atoms with E-state index in [0.29, 0.717) is 0 Å². The number of aromatic nitrogens is 1. The minimum absolute atomic E-state index is 1.24. The Balaban J connectivity index is 1.09. The molecule has 0 saturated carbocycles. The van der Waals surface area contributed by atoms with Gasteiger partial charge in [-0.15, -0.1) is 0 Å². The summed E-state index contributed by atoms with van der Waals surface area (Å²) in [7, 11) is 0. The summed E-state index contributed by atoms with van der Waals surface area (Å²) < 4.78 is 2.59. The number of rotatable bonds is 0. The van der Waals surface area contributed by atoms with Crippen molar-refractivity contribution in [3.63, 3.8) is 0 Å². The molecule has 11 aromatic carbocycles. The fraction of sp³-hybridized carbons (Fsp3) is 0. The van der Waals surface area contributed by atoms with Crippen LogP contribution in [0, 0.1) is 0 Å². The second-order valence-corrected chi connectivity index (χ2v) is 17.5. The van der Waals surface area contributed by atoms with E-state index in [1.807, 2.05) is 0 Å². The van der Waals surface area contributed by atoms with E-state index in [-0.39, 0.29) is 0 Å². The van der Waals surface area contributed by atoms with Crippen molar-refractivity contribution in [3.8, 4) is 89.0 Å². The van der Waals surface area contributed by atoms with Crippen LogP contribution in [0.1, 0.15) is 0 Å². The third kappa shape index (κ3) is 4.36. The van der Waals surface area contributed by atoms with Crippen molar-refractivity contribution in [1.82, 2.24) is 4.40 Å². The van der Waals surface area contributed by atoms with E-state index in [0.717, 1.165) is 0 Å². The minimum atomic E-state index is 1.24. The third-order valence-electron chi connectivity index (χ3n) is 14.4. The van der Waals surface area contributed by atoms with Crippen LogP contribution in [0.25, 0.3) is 149 Å². The summed E-state index contributed by atoms with van der Waals surface area (Å²) in [6.07, 6.45) is 0. The molecule has 13 aromatic rings. The lowest BCUT2D eigenvalue weighted by Gasteiger charge is -2.24. The summed E-state index contributed by atoms with van der Waals surface area (Å²) in [5.74, 6) is 0. The van der Waals surface area contributed by atoms with Gasteiger partial charge in [0.25, 0.3) is 0 Å². The lowest BCUT2D eigenvalue weighted by Crippen LogP contribution is -1.98. The van der Waals surface area contributed by atoms with Gasteiger partial charge in [-0.05, 0) is 135 Å². The van der Waals surface area contributed by atoms with E-state index in [2.05, 4.69) is 217 Å². The molecule has 0 bridgehead atoms. The summed E-state index contributed by atoms with van der Waals surface area (Å²) in [6.45, 7) is 0. The Kier molecular flexibility index (Phi) is 6.47. The van der Waals surface area contributed by atoms with Crippen LogP contribution in [-0.2, 0) is 0 Å². The van der Waals surface area contributed by atoms with Crippen molar-refractivity contribution < 1.29 is 0 Å². The predicted molar refractivity (Wildman–Crippen MR) is 267 cm³/mol. The van der Waals surface area contributed by atoms with Crippen molar-refractivity contribution in [1.29, 1.82) is 0 Å². The second kappa shape index (κ2) is 12.2. The number of para-hydroxylation sites is 1. The predicted octanol–water partition coefficient (Wildman–Crippen LogP) is 17.1. The van der Waals surface area contributed by atoms with Gasteiger partial charge in [-0.2, -0.15) is 0 Å². The molecule has 1 heteroatoms. The van der Waals surface area contributed by atoms with Crippen LogP contribution in [-0.4, -0.2) is 4.40 Å². The van der Waals surface area contributed by atoms with Gasteiger partial charge in [0.05, 0.1) is 16.6 Å². The SMILES string of the molecule is c1ccc2c(c1)-c1ccccc1-c1ccc3cc4c5cccc6c7cc8ccc9c(c8cc7n(c4cc3c1-c1ccccc1-2)c56)-c1ccccc1-c1ccccc1-c1ccccc1-9. The molecule has 288 valence electrons. The fourth-order valence-corrected chi connectivity index (χ4v) is 11.8. The lowest BCUT2D eigenvalue weighted by molar-refractivity contribution is 1.38. The van der Waals surface area contributed by atoms with Crippen molar-refractivity contribution in [2.24, 2.45) is 0 Å². The van der Waals surface area contributed by atoms with Gasteiger partial charge < -0.3 is 4.40 Å². The normalized spacial score (nSPS) is 12.4. The molecule has 0 amide bonds. The van der Waals surface area contributed by atoms with E-state index >= 15 is 0 Å². The maximum Gasteiger partial charge on any atom is 0.0620 e. The molecule has 0 atom stereocenters. The fourth-order valence-electron chi connectivity index (χ4n) is 11.8. The molecule has 0 spiro atoms. The molecule has 15 rings (SSSR count). The van der Waals surface area contributed by atoms with E-state index in [9.17, 15) is 0 Å². The Labute approximate surface area is 363 Å². The summed E-state index contributed by atoms with van der Waals surface area (Å²) >= 11 is 0. The average molecular weight is 794 g/mol. The lowest BCUT2D eigenvalue weighted by atomic mass is 9.79. The van der Waals surface area contributed by atoms with E-state index in [1.165, 1.54) is 149 Å². The highest BCUT2D eigenvalue weighted by molar-refractivity contribution is 6.28. The zero-order valence-electron chi connectivity index (χ0n) is 34.2. The number of hydrogen-bond acceptors (Lipinski definition) is 0. The Morgan fingerprint density at radius 1 is 0.206 bits per heavy atom. The maximum absolute atomic E-state index is 2.59. The van der Waals surface area contributed by atoms with Crippen LogP contribution in [0.2, 0.25) is 0 Å². The molecule has 1 nitrogen and oxygen atoms in total. The van der Waals surface area contributed by atoms with Gasteiger partial charge in [0.2, 0.25) is 0 Å². The van der Waals surface area contributed by atoms with Crippen molar-refractivity contribution in [2.75, 3.05) is 0 Å². The van der Waals surface area contributed by atoms with Crippen LogP contribution in [0.15, 0.2) is 212 Å². The number of hydrogen-bond donors (Lipinski definition) is 0. The first kappa shape index (κ1) is 33.5. The number of nitrogens with zero attached hydrogens (tertiary/aromatic N) is 1. The van der Waals surface area contributed by atoms with Gasteiger partial charge in [0.15, 0.2) is 0 Å². The zero-order chi connectivity index (χ0) is 40.9. The van der Waals surface area contributed by atoms with Gasteiger partial charge >= 0.3 is 0 Å². The van der Waals surface area contributed by atoms with Gasteiger partial charge in [-0.3, -0.25) is 0 Å². The van der Waals surface area contributed by atoms with Gasteiger partial charge in [0, 0.05) is 21.5 Å². The molecule has 0 radical (unpaired) electrons. The molecule has 2 aliphatic carbocycles. The molecule has 0 unspecified atom stereocenters. The maximum atomic E-state index is 2.59. The molecule has 2 aromatic heterocycles. The van der Waals surface area contributed by atoms with Gasteiger partial charge in [-0.1, -0.05) is 188 Å². The van der Waals surface area contributed by atoms with Crippen molar-refractivity contribution >= 4 is 59.6 Å². The molecule has 2 heterocycles. The van der Waals surface area contributed by atoms with Crippen LogP contribution < -0.4 is 0 Å².